The lowest BCUT2D eigenvalue weighted by atomic mass is 10.00. The zero-order valence-corrected chi connectivity index (χ0v) is 38.6. The normalized spacial score (nSPS) is 14.0. The fourth-order valence-corrected chi connectivity index (χ4v) is 8.63. The SMILES string of the molecule is C=C(C)N(C(=O)CCN1CCC(OC(=O)Nc2ccccc2-c2ccccc2)CC1)c1ccc(CNC(=O)CCc2cccc(C[C@H](C)N([NH-])C[C@H](O)c3ccc(O)c4[nH]c(=O)ccc34)c2)cc1. The van der Waals surface area contributed by atoms with Crippen molar-refractivity contribution < 1.29 is 29.3 Å². The number of aromatic nitrogens is 1. The number of phenolic OH excluding ortho intramolecular Hbond substituents is 1. The van der Waals surface area contributed by atoms with E-state index in [1.165, 1.54) is 17.1 Å². The summed E-state index contributed by atoms with van der Waals surface area (Å²) in [6.07, 6.45) is 1.31. The van der Waals surface area contributed by atoms with Crippen LogP contribution in [0.4, 0.5) is 16.2 Å². The van der Waals surface area contributed by atoms with Crippen LogP contribution in [0.3, 0.4) is 0 Å². The standard InChI is InChI=1S/C54H60N7O7/c1-36(2)61(52(66)28-31-59-29-26-43(27-30-59)68-54(67)57-47-15-8-7-14-44(47)41-12-5-4-6-13-41)42-19-16-39(17-20-42)34-56-50(64)24-18-38-10-9-11-40(33-38)32-37(3)60(55)35-49(63)45-21-23-48(62)53-46(45)22-25-51(65)58-53/h4-17,19-23,25,33,37,43,49,55,62-63H,1,18,24,26-32,34-35H2,2-3H3,(H,56,64)(H,57,67)(H,58,65)/q-1/t37-,49-/m0/s1. The number of hydrogen-bond donors (Lipinski definition) is 5. The van der Waals surface area contributed by atoms with Crippen molar-refractivity contribution in [2.75, 3.05) is 36.4 Å². The smallest absolute Gasteiger partial charge is 0.411 e. The Morgan fingerprint density at radius 2 is 1.60 bits per heavy atom. The molecule has 354 valence electrons. The minimum absolute atomic E-state index is 0.0163. The van der Waals surface area contributed by atoms with Crippen LogP contribution in [0.15, 0.2) is 144 Å². The van der Waals surface area contributed by atoms with E-state index in [0.717, 1.165) is 27.8 Å². The highest BCUT2D eigenvalue weighted by molar-refractivity contribution is 5.96. The predicted molar refractivity (Wildman–Crippen MR) is 267 cm³/mol. The largest absolute Gasteiger partial charge is 0.609 e. The van der Waals surface area contributed by atoms with Crippen LogP contribution in [0.1, 0.15) is 67.9 Å². The minimum atomic E-state index is -1.03. The molecule has 0 spiro atoms. The van der Waals surface area contributed by atoms with Gasteiger partial charge in [-0.3, -0.25) is 24.6 Å². The molecular formula is C54H60N7O7-. The van der Waals surface area contributed by atoms with Crippen LogP contribution in [0.5, 0.6) is 5.75 Å². The Labute approximate surface area is 397 Å². The number of fused-ring (bicyclic) bond motifs is 1. The number of aryl methyl sites for hydroxylation is 1. The molecule has 1 aromatic heterocycles. The molecule has 0 aliphatic carbocycles. The van der Waals surface area contributed by atoms with E-state index >= 15 is 0 Å². The number of carbonyl (C=O) groups excluding carboxylic acids is 3. The summed E-state index contributed by atoms with van der Waals surface area (Å²) in [5.74, 6) is 8.41. The van der Waals surface area contributed by atoms with Gasteiger partial charge in [-0.2, -0.15) is 0 Å². The van der Waals surface area contributed by atoms with Crippen molar-refractivity contribution in [3.8, 4) is 16.9 Å². The summed E-state index contributed by atoms with van der Waals surface area (Å²) in [5, 5.41) is 29.0. The number of nitrogens with zero attached hydrogens (tertiary/aromatic N) is 3. The van der Waals surface area contributed by atoms with E-state index in [-0.39, 0.29) is 47.3 Å². The maximum absolute atomic E-state index is 13.5. The van der Waals surface area contributed by atoms with Crippen molar-refractivity contribution in [3.05, 3.63) is 178 Å². The first-order valence-electron chi connectivity index (χ1n) is 23.1. The fraction of sp³-hybridized carbons (Fsp3) is 0.296. The van der Waals surface area contributed by atoms with Crippen LogP contribution in [0.25, 0.3) is 27.9 Å². The molecule has 6 N–H and O–H groups in total. The van der Waals surface area contributed by atoms with Crippen molar-refractivity contribution in [2.24, 2.45) is 0 Å². The molecule has 1 aliphatic heterocycles. The first-order valence-corrected chi connectivity index (χ1v) is 23.1. The van der Waals surface area contributed by atoms with E-state index in [4.69, 9.17) is 10.6 Å². The van der Waals surface area contributed by atoms with E-state index in [1.54, 1.807) is 24.0 Å². The van der Waals surface area contributed by atoms with Gasteiger partial charge in [0.2, 0.25) is 17.4 Å². The summed E-state index contributed by atoms with van der Waals surface area (Å²) in [5.41, 5.74) is 7.22. The van der Waals surface area contributed by atoms with Crippen LogP contribution in [0, 0.1) is 0 Å². The van der Waals surface area contributed by atoms with Gasteiger partial charge in [0.1, 0.15) is 11.9 Å². The number of hydrogen-bond acceptors (Lipinski definition) is 9. The number of ether oxygens (including phenoxy) is 1. The van der Waals surface area contributed by atoms with Gasteiger partial charge in [-0.1, -0.05) is 104 Å². The third-order valence-electron chi connectivity index (χ3n) is 12.3. The lowest BCUT2D eigenvalue weighted by Gasteiger charge is -2.35. The minimum Gasteiger partial charge on any atom is -0.609 e. The molecule has 14 nitrogen and oxygen atoms in total. The van der Waals surface area contributed by atoms with Crippen molar-refractivity contribution in [3.63, 3.8) is 0 Å². The Morgan fingerprint density at radius 3 is 2.35 bits per heavy atom. The second kappa shape index (κ2) is 23.1. The number of aliphatic hydroxyl groups excluding tert-OH is 1. The molecule has 2 atom stereocenters. The summed E-state index contributed by atoms with van der Waals surface area (Å²) < 4.78 is 5.80. The highest BCUT2D eigenvalue weighted by Gasteiger charge is 2.25. The van der Waals surface area contributed by atoms with Crippen LogP contribution < -0.4 is 21.1 Å². The molecule has 0 radical (unpaired) electrons. The number of pyridine rings is 1. The molecule has 1 fully saturated rings. The maximum atomic E-state index is 13.5. The van der Waals surface area contributed by atoms with Crippen molar-refractivity contribution in [1.29, 1.82) is 0 Å². The topological polar surface area (TPSA) is 191 Å². The van der Waals surface area contributed by atoms with Gasteiger partial charge in [0, 0.05) is 74.0 Å². The zero-order chi connectivity index (χ0) is 48.2. The summed E-state index contributed by atoms with van der Waals surface area (Å²) in [6, 6.07) is 38.7. The fourth-order valence-electron chi connectivity index (χ4n) is 8.63. The van der Waals surface area contributed by atoms with Crippen LogP contribution in [0.2, 0.25) is 0 Å². The monoisotopic (exact) mass is 918 g/mol. The van der Waals surface area contributed by atoms with Crippen molar-refractivity contribution in [1.82, 2.24) is 20.2 Å². The third kappa shape index (κ3) is 13.1. The molecule has 2 heterocycles. The molecule has 14 heteroatoms. The van der Waals surface area contributed by atoms with Gasteiger partial charge in [-0.15, -0.1) is 0 Å². The number of nitrogens with one attached hydrogen (secondary N) is 4. The number of anilines is 2. The highest BCUT2D eigenvalue weighted by Crippen LogP contribution is 2.31. The number of amides is 3. The molecule has 68 heavy (non-hydrogen) atoms. The number of rotatable bonds is 19. The lowest BCUT2D eigenvalue weighted by molar-refractivity contribution is -0.121. The van der Waals surface area contributed by atoms with E-state index in [2.05, 4.69) is 27.1 Å². The molecular weight excluding hydrogens is 859 g/mol. The molecule has 3 amide bonds. The van der Waals surface area contributed by atoms with Gasteiger partial charge in [0.25, 0.3) is 0 Å². The third-order valence-corrected chi connectivity index (χ3v) is 12.3. The molecule has 1 aliphatic rings. The Kier molecular flexibility index (Phi) is 16.6. The summed E-state index contributed by atoms with van der Waals surface area (Å²) in [7, 11) is 0. The Balaban J connectivity index is 0.811. The van der Waals surface area contributed by atoms with E-state index in [9.17, 15) is 29.4 Å². The average Bonchev–Trinajstić information content (AvgIpc) is 3.33. The number of H-pyrrole nitrogens is 1. The van der Waals surface area contributed by atoms with Gasteiger partial charge >= 0.3 is 6.09 Å². The number of piperidine rings is 1. The van der Waals surface area contributed by atoms with Gasteiger partial charge in [-0.05, 0) is 96.8 Å². The molecule has 1 saturated heterocycles. The summed E-state index contributed by atoms with van der Waals surface area (Å²) in [6.45, 7) is 10.1. The molecule has 0 bridgehead atoms. The van der Waals surface area contributed by atoms with Gasteiger partial charge in [-0.25, -0.2) is 4.79 Å². The molecule has 0 saturated carbocycles. The number of aromatic amines is 1. The molecule has 5 aromatic carbocycles. The van der Waals surface area contributed by atoms with Crippen molar-refractivity contribution >= 4 is 40.2 Å². The molecule has 7 rings (SSSR count). The number of benzene rings is 5. The number of aromatic hydroxyl groups is 1. The maximum Gasteiger partial charge on any atom is 0.411 e. The number of carbonyl (C=O) groups is 3. The van der Waals surface area contributed by atoms with Gasteiger partial charge < -0.3 is 41.0 Å². The van der Waals surface area contributed by atoms with Crippen LogP contribution in [-0.2, 0) is 33.7 Å². The first-order chi connectivity index (χ1) is 32.8. The average molecular weight is 919 g/mol. The number of para-hydroxylation sites is 1. The van der Waals surface area contributed by atoms with Crippen LogP contribution >= 0.6 is 0 Å². The van der Waals surface area contributed by atoms with E-state index < -0.39 is 12.2 Å². The first kappa shape index (κ1) is 48.8. The summed E-state index contributed by atoms with van der Waals surface area (Å²) in [4.78, 5) is 57.6. The summed E-state index contributed by atoms with van der Waals surface area (Å²) >= 11 is 0. The van der Waals surface area contributed by atoms with E-state index in [0.29, 0.717) is 92.7 Å². The second-order valence-electron chi connectivity index (χ2n) is 17.5. The van der Waals surface area contributed by atoms with Gasteiger partial charge in [0.15, 0.2) is 0 Å². The zero-order valence-electron chi connectivity index (χ0n) is 38.6. The molecule has 6 aromatic rings. The van der Waals surface area contributed by atoms with Crippen LogP contribution in [-0.4, -0.2) is 81.3 Å². The quantitative estimate of drug-likeness (QED) is 0.0494. The molecule has 0 unspecified atom stereocenters. The number of allylic oxidation sites excluding steroid dienone is 1. The Hall–Kier alpha value is -7.10. The highest BCUT2D eigenvalue weighted by atomic mass is 16.6. The van der Waals surface area contributed by atoms with Crippen molar-refractivity contribution in [2.45, 2.75) is 77.2 Å². The Bertz CT molecular complexity index is 2750. The number of aliphatic hydroxyl groups is 1. The second-order valence-corrected chi connectivity index (χ2v) is 17.5. The Morgan fingerprint density at radius 1 is 0.882 bits per heavy atom. The van der Waals surface area contributed by atoms with Gasteiger partial charge in [0.05, 0.1) is 17.3 Å². The predicted octanol–water partition coefficient (Wildman–Crippen LogP) is 9.05. The van der Waals surface area contributed by atoms with E-state index in [1.807, 2.05) is 110 Å². The number of phenols is 1. The number of likely N-dealkylation sites (tertiary alicyclic amines) is 1. The lowest BCUT2D eigenvalue weighted by Crippen LogP contribution is -2.40.